The Morgan fingerprint density at radius 3 is 2.83 bits per heavy atom. The van der Waals surface area contributed by atoms with E-state index in [1.807, 2.05) is 49.4 Å². The van der Waals surface area contributed by atoms with E-state index in [9.17, 15) is 4.79 Å². The molecule has 0 radical (unpaired) electrons. The number of hydrogen-bond donors (Lipinski definition) is 0. The summed E-state index contributed by atoms with van der Waals surface area (Å²) >= 11 is 9.48. The molecule has 4 rings (SSSR count). The molecular formula is C23H19BrClN3O2. The first kappa shape index (κ1) is 20.6. The summed E-state index contributed by atoms with van der Waals surface area (Å²) in [6.07, 6.45) is 2.37. The van der Waals surface area contributed by atoms with E-state index < -0.39 is 0 Å². The van der Waals surface area contributed by atoms with Crippen molar-refractivity contribution in [1.82, 2.24) is 9.66 Å². The summed E-state index contributed by atoms with van der Waals surface area (Å²) in [7, 11) is 0. The fourth-order valence-corrected chi connectivity index (χ4v) is 3.66. The van der Waals surface area contributed by atoms with Crippen LogP contribution in [0, 0.1) is 0 Å². The van der Waals surface area contributed by atoms with Crippen LogP contribution < -0.4 is 5.56 Å². The van der Waals surface area contributed by atoms with Gasteiger partial charge in [-0.15, -0.1) is 0 Å². The van der Waals surface area contributed by atoms with Gasteiger partial charge in [-0.2, -0.15) is 9.78 Å². The molecule has 0 bridgehead atoms. The highest BCUT2D eigenvalue weighted by molar-refractivity contribution is 9.10. The Morgan fingerprint density at radius 2 is 2.07 bits per heavy atom. The minimum Gasteiger partial charge on any atom is -0.455 e. The fraction of sp³-hybridized carbons (Fsp3) is 0.174. The number of furan rings is 1. The number of hydrogen-bond acceptors (Lipinski definition) is 4. The zero-order valence-electron chi connectivity index (χ0n) is 16.5. The summed E-state index contributed by atoms with van der Waals surface area (Å²) in [6.45, 7) is 4.09. The molecule has 2 heterocycles. The second kappa shape index (κ2) is 8.58. The van der Waals surface area contributed by atoms with Gasteiger partial charge in [-0.1, -0.05) is 53.5 Å². The SMILES string of the molecule is CC[C@H](C)c1nc2ccc(Br)cc2c(=O)n1N=Cc1ccc(-c2cccc(Cl)c2)o1. The van der Waals surface area contributed by atoms with E-state index in [0.717, 1.165) is 16.5 Å². The first-order chi connectivity index (χ1) is 14.5. The van der Waals surface area contributed by atoms with E-state index in [1.54, 1.807) is 12.1 Å². The fourth-order valence-electron chi connectivity index (χ4n) is 3.11. The molecule has 0 saturated carbocycles. The number of rotatable bonds is 5. The topological polar surface area (TPSA) is 60.4 Å². The van der Waals surface area contributed by atoms with E-state index in [2.05, 4.69) is 28.0 Å². The van der Waals surface area contributed by atoms with Gasteiger partial charge in [-0.3, -0.25) is 4.79 Å². The smallest absolute Gasteiger partial charge is 0.282 e. The summed E-state index contributed by atoms with van der Waals surface area (Å²) in [6, 6.07) is 16.6. The molecule has 0 N–H and O–H groups in total. The Kier molecular flexibility index (Phi) is 5.88. The van der Waals surface area contributed by atoms with E-state index in [0.29, 0.717) is 33.3 Å². The van der Waals surface area contributed by atoms with Crippen LogP contribution in [0.1, 0.15) is 37.8 Å². The molecule has 0 amide bonds. The van der Waals surface area contributed by atoms with Gasteiger partial charge in [0, 0.05) is 21.0 Å². The van der Waals surface area contributed by atoms with Crippen molar-refractivity contribution in [3.63, 3.8) is 0 Å². The first-order valence-corrected chi connectivity index (χ1v) is 10.8. The molecule has 7 heteroatoms. The third-order valence-electron chi connectivity index (χ3n) is 4.92. The van der Waals surface area contributed by atoms with Crippen LogP contribution in [0.3, 0.4) is 0 Å². The molecular weight excluding hydrogens is 466 g/mol. The van der Waals surface area contributed by atoms with Crippen molar-refractivity contribution in [3.05, 3.63) is 86.0 Å². The van der Waals surface area contributed by atoms with E-state index >= 15 is 0 Å². The lowest BCUT2D eigenvalue weighted by atomic mass is 10.1. The standard InChI is InChI=1S/C23H19BrClN3O2/c1-3-14(2)22-27-20-9-7-16(24)12-19(20)23(29)28(22)26-13-18-8-10-21(30-18)15-5-4-6-17(25)11-15/h4-14H,3H2,1-2H3/t14-/m0/s1. The zero-order valence-corrected chi connectivity index (χ0v) is 18.8. The average molecular weight is 485 g/mol. The van der Waals surface area contributed by atoms with Gasteiger partial charge in [0.1, 0.15) is 17.3 Å². The van der Waals surface area contributed by atoms with Crippen molar-refractivity contribution in [1.29, 1.82) is 0 Å². The Hall–Kier alpha value is -2.70. The van der Waals surface area contributed by atoms with Crippen molar-refractivity contribution in [2.45, 2.75) is 26.2 Å². The highest BCUT2D eigenvalue weighted by Crippen LogP contribution is 2.25. The van der Waals surface area contributed by atoms with Crippen molar-refractivity contribution in [3.8, 4) is 11.3 Å². The normalized spacial score (nSPS) is 12.7. The minimum absolute atomic E-state index is 0.0709. The van der Waals surface area contributed by atoms with Crippen molar-refractivity contribution in [2.75, 3.05) is 0 Å². The van der Waals surface area contributed by atoms with E-state index in [-0.39, 0.29) is 11.5 Å². The summed E-state index contributed by atoms with van der Waals surface area (Å²) in [5.74, 6) is 1.90. The number of fused-ring (bicyclic) bond motifs is 1. The molecule has 0 aliphatic carbocycles. The molecule has 1 atom stereocenters. The number of nitrogens with zero attached hydrogens (tertiary/aromatic N) is 3. The molecule has 2 aromatic heterocycles. The van der Waals surface area contributed by atoms with Crippen LogP contribution in [0.5, 0.6) is 0 Å². The van der Waals surface area contributed by atoms with Gasteiger partial charge in [0.15, 0.2) is 0 Å². The quantitative estimate of drug-likeness (QED) is 0.305. The number of benzene rings is 2. The molecule has 0 fully saturated rings. The molecule has 2 aromatic carbocycles. The number of halogens is 2. The summed E-state index contributed by atoms with van der Waals surface area (Å²) < 4.78 is 8.05. The van der Waals surface area contributed by atoms with Crippen molar-refractivity contribution >= 4 is 44.6 Å². The maximum atomic E-state index is 13.2. The highest BCUT2D eigenvalue weighted by Gasteiger charge is 2.15. The van der Waals surface area contributed by atoms with Crippen LogP contribution in [-0.2, 0) is 0 Å². The third-order valence-corrected chi connectivity index (χ3v) is 5.65. The van der Waals surface area contributed by atoms with Gasteiger partial charge in [-0.05, 0) is 48.9 Å². The Morgan fingerprint density at radius 1 is 1.23 bits per heavy atom. The van der Waals surface area contributed by atoms with Gasteiger partial charge in [0.25, 0.3) is 5.56 Å². The van der Waals surface area contributed by atoms with E-state index in [1.165, 1.54) is 10.9 Å². The number of aromatic nitrogens is 2. The van der Waals surface area contributed by atoms with Gasteiger partial charge >= 0.3 is 0 Å². The second-order valence-corrected chi connectivity index (χ2v) is 8.37. The second-order valence-electron chi connectivity index (χ2n) is 7.01. The Bertz CT molecular complexity index is 1310. The lowest BCUT2D eigenvalue weighted by molar-refractivity contribution is 0.571. The molecule has 30 heavy (non-hydrogen) atoms. The maximum absolute atomic E-state index is 13.2. The van der Waals surface area contributed by atoms with Crippen LogP contribution in [-0.4, -0.2) is 15.9 Å². The zero-order chi connectivity index (χ0) is 21.3. The average Bonchev–Trinajstić information content (AvgIpc) is 3.22. The van der Waals surface area contributed by atoms with Crippen molar-refractivity contribution < 1.29 is 4.42 Å². The minimum atomic E-state index is -0.213. The Labute approximate surface area is 187 Å². The molecule has 0 aliphatic rings. The predicted octanol–water partition coefficient (Wildman–Crippen LogP) is 6.47. The van der Waals surface area contributed by atoms with Crippen LogP contribution in [0.15, 0.2) is 73.4 Å². The van der Waals surface area contributed by atoms with Crippen LogP contribution in [0.25, 0.3) is 22.2 Å². The van der Waals surface area contributed by atoms with Crippen LogP contribution in [0.2, 0.25) is 5.02 Å². The molecule has 4 aromatic rings. The predicted molar refractivity (Wildman–Crippen MR) is 125 cm³/mol. The first-order valence-electron chi connectivity index (χ1n) is 9.58. The lowest BCUT2D eigenvalue weighted by Crippen LogP contribution is -2.23. The van der Waals surface area contributed by atoms with E-state index in [4.69, 9.17) is 21.0 Å². The van der Waals surface area contributed by atoms with Gasteiger partial charge in [-0.25, -0.2) is 4.98 Å². The van der Waals surface area contributed by atoms with Gasteiger partial charge in [0.05, 0.1) is 17.1 Å². The van der Waals surface area contributed by atoms with Gasteiger partial charge < -0.3 is 4.42 Å². The molecule has 0 unspecified atom stereocenters. The van der Waals surface area contributed by atoms with Gasteiger partial charge in [0.2, 0.25) is 0 Å². The molecule has 0 saturated heterocycles. The largest absolute Gasteiger partial charge is 0.455 e. The monoisotopic (exact) mass is 483 g/mol. The maximum Gasteiger partial charge on any atom is 0.282 e. The molecule has 5 nitrogen and oxygen atoms in total. The molecule has 0 spiro atoms. The summed E-state index contributed by atoms with van der Waals surface area (Å²) in [5.41, 5.74) is 1.32. The highest BCUT2D eigenvalue weighted by atomic mass is 79.9. The van der Waals surface area contributed by atoms with Crippen LogP contribution >= 0.6 is 27.5 Å². The van der Waals surface area contributed by atoms with Crippen molar-refractivity contribution in [2.24, 2.45) is 5.10 Å². The molecule has 0 aliphatic heterocycles. The summed E-state index contributed by atoms with van der Waals surface area (Å²) in [5, 5.41) is 5.57. The molecule has 152 valence electrons. The lowest BCUT2D eigenvalue weighted by Gasteiger charge is -2.13. The third kappa shape index (κ3) is 4.11. The van der Waals surface area contributed by atoms with Crippen LogP contribution in [0.4, 0.5) is 0 Å². The summed E-state index contributed by atoms with van der Waals surface area (Å²) in [4.78, 5) is 17.9. The Balaban J connectivity index is 1.77.